The molecule has 16 heteroatoms. The number of H-pyrrole nitrogens is 1. The molecule has 3 aromatic heterocycles. The minimum atomic E-state index is 0.0612. The molecule has 3 fully saturated rings. The normalized spacial score (nSPS) is 19.9. The summed E-state index contributed by atoms with van der Waals surface area (Å²) in [5.74, 6) is 6.62. The first-order chi connectivity index (χ1) is 38.1. The van der Waals surface area contributed by atoms with Gasteiger partial charge < -0.3 is 23.8 Å². The molecule has 0 amide bonds. The van der Waals surface area contributed by atoms with E-state index in [1.165, 1.54) is 17.1 Å². The number of imidazole rings is 2. The topological polar surface area (TPSA) is 188 Å². The van der Waals surface area contributed by atoms with Crippen LogP contribution in [-0.2, 0) is 7.05 Å². The van der Waals surface area contributed by atoms with Crippen LogP contribution in [0.2, 0.25) is 15.1 Å². The van der Waals surface area contributed by atoms with Gasteiger partial charge in [-0.1, -0.05) is 68.6 Å². The highest BCUT2D eigenvalue weighted by Gasteiger charge is 2.29. The molecular weight excluding hydrogens is 1050 g/mol. The van der Waals surface area contributed by atoms with Crippen LogP contribution in [0.4, 0.5) is 0 Å². The first kappa shape index (κ1) is 58.2. The molecule has 0 atom stereocenters. The van der Waals surface area contributed by atoms with Crippen LogP contribution in [0.25, 0.3) is 11.0 Å². The molecular formula is C63H68Cl3N9O4. The summed E-state index contributed by atoms with van der Waals surface area (Å²) in [7, 11) is 2.08. The van der Waals surface area contributed by atoms with Crippen LogP contribution < -0.4 is 14.2 Å². The number of aromatic amines is 1. The minimum Gasteiger partial charge on any atom is -0.490 e. The van der Waals surface area contributed by atoms with Crippen LogP contribution in [0, 0.1) is 46.8 Å². The zero-order valence-corrected chi connectivity index (χ0v) is 48.1. The van der Waals surface area contributed by atoms with E-state index in [-0.39, 0.29) is 24.1 Å². The van der Waals surface area contributed by atoms with Gasteiger partial charge in [0.05, 0.1) is 73.0 Å². The molecule has 0 bridgehead atoms. The van der Waals surface area contributed by atoms with E-state index in [0.717, 1.165) is 111 Å². The van der Waals surface area contributed by atoms with E-state index in [2.05, 4.69) is 96.5 Å². The lowest BCUT2D eigenvalue weighted by molar-refractivity contribution is 0.0897. The Morgan fingerprint density at radius 2 is 1.11 bits per heavy atom. The van der Waals surface area contributed by atoms with Crippen LogP contribution in [0.3, 0.4) is 0 Å². The van der Waals surface area contributed by atoms with Crippen LogP contribution in [-0.4, -0.2) is 53.6 Å². The van der Waals surface area contributed by atoms with Gasteiger partial charge in [0.2, 0.25) is 0 Å². The van der Waals surface area contributed by atoms with E-state index in [1.807, 2.05) is 24.4 Å². The molecule has 3 aliphatic rings. The number of carbonyl (C=O) groups excluding carboxylic acids is 1. The molecule has 4 aromatic carbocycles. The van der Waals surface area contributed by atoms with Crippen LogP contribution >= 0.6 is 34.8 Å². The van der Waals surface area contributed by atoms with Gasteiger partial charge in [0.15, 0.2) is 5.78 Å². The number of hydrogen-bond donors (Lipinski definition) is 1. The van der Waals surface area contributed by atoms with Crippen molar-refractivity contribution in [3.8, 4) is 35.5 Å². The Morgan fingerprint density at radius 3 is 1.53 bits per heavy atom. The zero-order chi connectivity index (χ0) is 56.2. The highest BCUT2D eigenvalue weighted by atomic mass is 35.5. The van der Waals surface area contributed by atoms with E-state index < -0.39 is 0 Å². The second-order valence-electron chi connectivity index (χ2n) is 21.7. The van der Waals surface area contributed by atoms with Gasteiger partial charge in [0, 0.05) is 61.6 Å². The maximum Gasteiger partial charge on any atom is 0.183 e. The fourth-order valence-corrected chi connectivity index (χ4v) is 11.2. The molecule has 0 spiro atoms. The number of aryl methyl sites for hydroxylation is 1. The van der Waals surface area contributed by atoms with Crippen molar-refractivity contribution in [2.45, 2.75) is 160 Å². The summed E-state index contributed by atoms with van der Waals surface area (Å²) in [5, 5.41) is 28.1. The van der Waals surface area contributed by atoms with Crippen molar-refractivity contribution in [1.82, 2.24) is 29.5 Å². The minimum absolute atomic E-state index is 0.0612. The van der Waals surface area contributed by atoms with Gasteiger partial charge >= 0.3 is 0 Å². The molecule has 7 aromatic rings. The van der Waals surface area contributed by atoms with E-state index in [0.29, 0.717) is 79.2 Å². The Kier molecular flexibility index (Phi) is 20.1. The number of nitrogens with one attached hydrogen (secondary N) is 1. The number of rotatable bonds is 13. The fraction of sp³-hybridized carbons (Fsp3) is 0.429. The van der Waals surface area contributed by atoms with E-state index in [9.17, 15) is 4.79 Å². The Morgan fingerprint density at radius 1 is 0.620 bits per heavy atom. The molecule has 10 rings (SSSR count). The Bertz CT molecular complexity index is 3330. The number of fused-ring (bicyclic) bond motifs is 1. The number of benzene rings is 4. The molecule has 3 aliphatic carbocycles. The molecule has 410 valence electrons. The third-order valence-corrected chi connectivity index (χ3v) is 16.4. The van der Waals surface area contributed by atoms with Gasteiger partial charge in [0.1, 0.15) is 52.8 Å². The number of hydrogen-bond acceptors (Lipinski definition) is 11. The molecule has 1 N–H and O–H groups in total. The SMILES string of the molecule is CC(C)c1ccc2nc(C3CCC(Oc4ccc(C#N)c(Cl)c4)CC3)[nH]c2c1.CC(C)c1cnc(C(=O)CC2CCC(Oc3ccc(C#N)c(Cl)c3)CC2)cn1.Cc1cnc(C2CCC(Oc3ccc(C#N)c(Cl)c3)CC2)n1C. The van der Waals surface area contributed by atoms with Gasteiger partial charge in [-0.2, -0.15) is 15.8 Å². The molecule has 0 unspecified atom stereocenters. The van der Waals surface area contributed by atoms with Crippen molar-refractivity contribution in [2.24, 2.45) is 13.0 Å². The van der Waals surface area contributed by atoms with E-state index in [4.69, 9.17) is 69.8 Å². The van der Waals surface area contributed by atoms with Crippen molar-refractivity contribution in [1.29, 1.82) is 15.8 Å². The monoisotopic (exact) mass is 1120 g/mol. The second kappa shape index (κ2) is 27.3. The highest BCUT2D eigenvalue weighted by molar-refractivity contribution is 6.32. The smallest absolute Gasteiger partial charge is 0.183 e. The van der Waals surface area contributed by atoms with Crippen LogP contribution in [0.5, 0.6) is 17.2 Å². The second-order valence-corrected chi connectivity index (χ2v) is 22.9. The Hall–Kier alpha value is -6.95. The van der Waals surface area contributed by atoms with E-state index in [1.54, 1.807) is 54.9 Å². The molecule has 0 radical (unpaired) electrons. The van der Waals surface area contributed by atoms with Gasteiger partial charge in [-0.15, -0.1) is 0 Å². The summed E-state index contributed by atoms with van der Waals surface area (Å²) in [6.07, 6.45) is 18.2. The Labute approximate surface area is 479 Å². The summed E-state index contributed by atoms with van der Waals surface area (Å²) >= 11 is 18.2. The van der Waals surface area contributed by atoms with Crippen molar-refractivity contribution >= 4 is 51.6 Å². The summed E-state index contributed by atoms with van der Waals surface area (Å²) in [6, 6.07) is 28.4. The lowest BCUT2D eigenvalue weighted by Gasteiger charge is -2.28. The molecule has 79 heavy (non-hydrogen) atoms. The number of nitriles is 3. The number of ether oxygens (including phenoxy) is 3. The van der Waals surface area contributed by atoms with Gasteiger partial charge in [-0.25, -0.2) is 15.0 Å². The number of halogens is 3. The first-order valence-corrected chi connectivity index (χ1v) is 28.6. The highest BCUT2D eigenvalue weighted by Crippen LogP contribution is 2.38. The molecule has 3 saturated carbocycles. The maximum atomic E-state index is 12.5. The summed E-state index contributed by atoms with van der Waals surface area (Å²) in [6.45, 7) is 10.6. The summed E-state index contributed by atoms with van der Waals surface area (Å²) in [5.41, 5.74) is 7.47. The quantitative estimate of drug-likeness (QED) is 0.108. The predicted molar refractivity (Wildman–Crippen MR) is 309 cm³/mol. The average Bonchev–Trinajstić information content (AvgIpc) is 4.09. The van der Waals surface area contributed by atoms with Crippen LogP contribution in [0.15, 0.2) is 91.4 Å². The molecule has 3 heterocycles. The molecule has 13 nitrogen and oxygen atoms in total. The lowest BCUT2D eigenvalue weighted by atomic mass is 9.84. The van der Waals surface area contributed by atoms with Crippen molar-refractivity contribution < 1.29 is 19.0 Å². The number of aromatic nitrogens is 6. The average molecular weight is 1120 g/mol. The lowest BCUT2D eigenvalue weighted by Crippen LogP contribution is -2.25. The summed E-state index contributed by atoms with van der Waals surface area (Å²) in [4.78, 5) is 34.0. The Balaban J connectivity index is 0.000000157. The summed E-state index contributed by atoms with van der Waals surface area (Å²) < 4.78 is 20.3. The standard InChI is InChI=1S/C23H24ClN3O.C22H24ClN3O2.C18H20ClN3O/c1-14(2)16-6-10-21-22(11-16)27-23(26-21)15-3-7-18(8-4-15)28-19-9-5-17(13-25)20(24)12-19;1-14(2)20-12-26-21(13-25-20)22(27)9-15-3-6-17(7-4-15)28-18-8-5-16(11-24)19(23)10-18;1-12-11-21-18(22(12)2)13-3-6-15(7-4-13)23-16-8-5-14(10-20)17(19)9-16/h5-6,9-12,14-15,18H,3-4,7-8H2,1-2H3,(H,26,27);5,8,10,12-15,17H,3-4,6-7,9H2,1-2H3;5,8-9,11,13,15H,3-4,6-7H2,1-2H3. The van der Waals surface area contributed by atoms with Crippen molar-refractivity contribution in [2.75, 3.05) is 0 Å². The van der Waals surface area contributed by atoms with E-state index >= 15 is 0 Å². The van der Waals surface area contributed by atoms with Crippen molar-refractivity contribution in [3.05, 3.63) is 157 Å². The zero-order valence-electron chi connectivity index (χ0n) is 45.8. The number of Topliss-reactive ketones (excluding diaryl/α,β-unsaturated/α-hetero) is 1. The third kappa shape index (κ3) is 15.5. The maximum absolute atomic E-state index is 12.5. The van der Waals surface area contributed by atoms with Gasteiger partial charge in [0.25, 0.3) is 0 Å². The van der Waals surface area contributed by atoms with Gasteiger partial charge in [-0.3, -0.25) is 9.78 Å². The van der Waals surface area contributed by atoms with Gasteiger partial charge in [-0.05, 0) is 156 Å². The fourth-order valence-electron chi connectivity index (χ4n) is 10.5. The largest absolute Gasteiger partial charge is 0.490 e. The first-order valence-electron chi connectivity index (χ1n) is 27.5. The van der Waals surface area contributed by atoms with Crippen molar-refractivity contribution in [3.63, 3.8) is 0 Å². The number of nitrogens with zero attached hydrogens (tertiary/aromatic N) is 8. The molecule has 0 saturated heterocycles. The third-order valence-electron chi connectivity index (χ3n) is 15.5. The number of ketones is 1. The molecule has 0 aliphatic heterocycles. The number of carbonyl (C=O) groups is 1. The van der Waals surface area contributed by atoms with Crippen LogP contribution in [0.1, 0.15) is 191 Å². The predicted octanol–water partition coefficient (Wildman–Crippen LogP) is 16.0.